The van der Waals surface area contributed by atoms with Gasteiger partial charge in [-0.05, 0) is 66.4 Å². The van der Waals surface area contributed by atoms with Crippen LogP contribution >= 0.6 is 0 Å². The number of aromatic carboxylic acids is 1. The summed E-state index contributed by atoms with van der Waals surface area (Å²) in [6.07, 6.45) is 4.49. The molecule has 4 rings (SSSR count). The maximum atomic E-state index is 12.2. The second kappa shape index (κ2) is 10.9. The van der Waals surface area contributed by atoms with Gasteiger partial charge >= 0.3 is 12.0 Å². The largest absolute Gasteiger partial charge is 0.478 e. The van der Waals surface area contributed by atoms with Gasteiger partial charge in [0.15, 0.2) is 0 Å². The van der Waals surface area contributed by atoms with Gasteiger partial charge in [0.1, 0.15) is 5.82 Å². The number of urea groups is 1. The van der Waals surface area contributed by atoms with Crippen molar-refractivity contribution >= 4 is 28.7 Å². The summed E-state index contributed by atoms with van der Waals surface area (Å²) in [5.41, 5.74) is 6.13. The monoisotopic (exact) mass is 482 g/mol. The summed E-state index contributed by atoms with van der Waals surface area (Å²) in [5.74, 6) is -0.00752. The molecule has 0 atom stereocenters. The number of unbranched alkanes of at least 4 members (excludes halogenated alkanes) is 1. The summed E-state index contributed by atoms with van der Waals surface area (Å²) < 4.78 is 2.12. The molecule has 7 nitrogen and oxygen atoms in total. The van der Waals surface area contributed by atoms with E-state index in [9.17, 15) is 14.7 Å². The summed E-state index contributed by atoms with van der Waals surface area (Å²) in [6.45, 7) is 8.13. The maximum absolute atomic E-state index is 12.2. The van der Waals surface area contributed by atoms with Crippen molar-refractivity contribution in [3.05, 3.63) is 90.3 Å². The molecule has 1 aromatic heterocycles. The summed E-state index contributed by atoms with van der Waals surface area (Å²) in [5, 5.41) is 15.2. The predicted molar refractivity (Wildman–Crippen MR) is 144 cm³/mol. The number of fused-ring (bicyclic) bond motifs is 1. The first-order chi connectivity index (χ1) is 17.4. The number of carboxylic acids is 1. The molecule has 0 saturated heterocycles. The highest BCUT2D eigenvalue weighted by Gasteiger charge is 2.17. The van der Waals surface area contributed by atoms with Crippen molar-refractivity contribution in [2.75, 3.05) is 11.9 Å². The Morgan fingerprint density at radius 2 is 1.89 bits per heavy atom. The molecule has 0 fully saturated rings. The Morgan fingerprint density at radius 3 is 2.61 bits per heavy atom. The summed E-state index contributed by atoms with van der Waals surface area (Å²) in [6, 6.07) is 18.4. The minimum atomic E-state index is -0.950. The van der Waals surface area contributed by atoms with Crippen LogP contribution in [-0.2, 0) is 6.42 Å². The molecule has 36 heavy (non-hydrogen) atoms. The van der Waals surface area contributed by atoms with E-state index in [4.69, 9.17) is 4.98 Å². The summed E-state index contributed by atoms with van der Waals surface area (Å²) >= 11 is 0. The van der Waals surface area contributed by atoms with E-state index in [1.165, 1.54) is 0 Å². The van der Waals surface area contributed by atoms with Gasteiger partial charge in [0, 0.05) is 24.3 Å². The Labute approximate surface area is 210 Å². The van der Waals surface area contributed by atoms with Crippen molar-refractivity contribution in [3.63, 3.8) is 0 Å². The van der Waals surface area contributed by atoms with Gasteiger partial charge in [0.05, 0.1) is 16.6 Å². The van der Waals surface area contributed by atoms with Gasteiger partial charge in [-0.1, -0.05) is 43.7 Å². The van der Waals surface area contributed by atoms with E-state index in [0.717, 1.165) is 52.9 Å². The molecule has 0 bridgehead atoms. The number of carboxylic acid groups (broad SMARTS) is 1. The van der Waals surface area contributed by atoms with Gasteiger partial charge in [-0.15, -0.1) is 6.58 Å². The van der Waals surface area contributed by atoms with Crippen molar-refractivity contribution in [3.8, 4) is 16.8 Å². The van der Waals surface area contributed by atoms with Crippen molar-refractivity contribution < 1.29 is 14.7 Å². The Morgan fingerprint density at radius 1 is 1.08 bits per heavy atom. The number of carbonyl (C=O) groups is 2. The smallest absolute Gasteiger partial charge is 0.336 e. The number of imidazole rings is 1. The lowest BCUT2D eigenvalue weighted by molar-refractivity contribution is 0.0697. The summed E-state index contributed by atoms with van der Waals surface area (Å²) in [4.78, 5) is 28.8. The molecule has 2 amide bonds. The van der Waals surface area contributed by atoms with Crippen LogP contribution in [-0.4, -0.2) is 33.2 Å². The van der Waals surface area contributed by atoms with Gasteiger partial charge in [0.2, 0.25) is 0 Å². The van der Waals surface area contributed by atoms with Crippen LogP contribution in [0.1, 0.15) is 41.5 Å². The Balaban J connectivity index is 1.79. The van der Waals surface area contributed by atoms with E-state index in [-0.39, 0.29) is 11.6 Å². The molecule has 4 aromatic rings. The van der Waals surface area contributed by atoms with E-state index in [1.54, 1.807) is 18.2 Å². The number of aromatic nitrogens is 2. The maximum Gasteiger partial charge on any atom is 0.336 e. The molecule has 0 radical (unpaired) electrons. The van der Waals surface area contributed by atoms with Crippen molar-refractivity contribution in [2.45, 2.75) is 33.1 Å². The number of hydrogen-bond acceptors (Lipinski definition) is 3. The number of aryl methyl sites for hydroxylation is 2. The van der Waals surface area contributed by atoms with E-state index < -0.39 is 5.97 Å². The molecule has 3 aromatic carbocycles. The number of carbonyl (C=O) groups excluding carboxylic acids is 1. The fourth-order valence-corrected chi connectivity index (χ4v) is 4.33. The molecule has 3 N–H and O–H groups in total. The van der Waals surface area contributed by atoms with Gasteiger partial charge in [0.25, 0.3) is 0 Å². The zero-order valence-corrected chi connectivity index (χ0v) is 20.5. The van der Waals surface area contributed by atoms with Crippen LogP contribution in [0.3, 0.4) is 0 Å². The molecular weight excluding hydrogens is 452 g/mol. The third-order valence-corrected chi connectivity index (χ3v) is 6.06. The second-order valence-corrected chi connectivity index (χ2v) is 8.64. The average Bonchev–Trinajstić information content (AvgIpc) is 3.23. The van der Waals surface area contributed by atoms with Gasteiger partial charge in [-0.2, -0.15) is 0 Å². The lowest BCUT2D eigenvalue weighted by Crippen LogP contribution is -2.28. The third-order valence-electron chi connectivity index (χ3n) is 6.06. The minimum Gasteiger partial charge on any atom is -0.478 e. The molecule has 0 aliphatic carbocycles. The van der Waals surface area contributed by atoms with Crippen LogP contribution in [0.2, 0.25) is 0 Å². The highest BCUT2D eigenvalue weighted by atomic mass is 16.4. The lowest BCUT2D eigenvalue weighted by Gasteiger charge is -2.14. The highest BCUT2D eigenvalue weighted by molar-refractivity contribution is 5.96. The van der Waals surface area contributed by atoms with Crippen LogP contribution in [0.25, 0.3) is 27.8 Å². The zero-order chi connectivity index (χ0) is 25.7. The Bertz CT molecular complexity index is 1440. The minimum absolute atomic E-state index is 0.274. The fraction of sp³-hybridized carbons (Fsp3) is 0.207. The number of anilines is 1. The fourth-order valence-electron chi connectivity index (χ4n) is 4.33. The molecular formula is C29H30N4O3. The highest BCUT2D eigenvalue weighted by Crippen LogP contribution is 2.31. The normalized spacial score (nSPS) is 10.8. The Kier molecular flexibility index (Phi) is 7.49. The van der Waals surface area contributed by atoms with Crippen molar-refractivity contribution in [2.24, 2.45) is 0 Å². The number of nitrogens with one attached hydrogen (secondary N) is 2. The summed E-state index contributed by atoms with van der Waals surface area (Å²) in [7, 11) is 0. The molecule has 1 heterocycles. The van der Waals surface area contributed by atoms with Crippen molar-refractivity contribution in [1.82, 2.24) is 14.9 Å². The first kappa shape index (κ1) is 24.7. The predicted octanol–water partition coefficient (Wildman–Crippen LogP) is 6.35. The average molecular weight is 483 g/mol. The van der Waals surface area contributed by atoms with Gasteiger partial charge in [-0.3, -0.25) is 4.57 Å². The molecule has 0 unspecified atom stereocenters. The first-order valence-corrected chi connectivity index (χ1v) is 12.0. The van der Waals surface area contributed by atoms with E-state index in [0.29, 0.717) is 17.8 Å². The van der Waals surface area contributed by atoms with Crippen LogP contribution in [0.4, 0.5) is 10.5 Å². The van der Waals surface area contributed by atoms with Crippen LogP contribution in [0.15, 0.2) is 73.3 Å². The molecule has 0 aliphatic heterocycles. The van der Waals surface area contributed by atoms with Crippen molar-refractivity contribution in [1.29, 1.82) is 0 Å². The molecule has 0 aliphatic rings. The number of amides is 2. The molecule has 0 saturated carbocycles. The van der Waals surface area contributed by atoms with Gasteiger partial charge in [-0.25, -0.2) is 14.6 Å². The quantitative estimate of drug-likeness (QED) is 0.242. The number of benzene rings is 3. The molecule has 0 spiro atoms. The topological polar surface area (TPSA) is 96.3 Å². The Hall–Kier alpha value is -4.39. The van der Waals surface area contributed by atoms with Crippen LogP contribution in [0, 0.1) is 6.92 Å². The number of hydrogen-bond donors (Lipinski definition) is 3. The SMILES string of the molecule is C=CCNC(=O)Nc1ccc2nc(CCCC)n(-c3ccc(-c4ccccc4C(=O)O)c(C)c3)c2c1. The number of nitrogens with zero attached hydrogens (tertiary/aromatic N) is 2. The van der Waals surface area contributed by atoms with E-state index in [2.05, 4.69) is 34.8 Å². The van der Waals surface area contributed by atoms with Crippen LogP contribution in [0.5, 0.6) is 0 Å². The molecule has 184 valence electrons. The van der Waals surface area contributed by atoms with Crippen LogP contribution < -0.4 is 10.6 Å². The molecule has 7 heteroatoms. The second-order valence-electron chi connectivity index (χ2n) is 8.64. The standard InChI is InChI=1S/C29H30N4O3/c1-4-6-11-27-32-25-15-12-20(31-29(36)30-16-5-2)18-26(25)33(27)21-13-14-22(19(3)17-21)23-9-7-8-10-24(23)28(34)35/h5,7-10,12-15,17-18H,2,4,6,11,16H2,1,3H3,(H,34,35)(H2,30,31,36). The lowest BCUT2D eigenvalue weighted by atomic mass is 9.95. The zero-order valence-electron chi connectivity index (χ0n) is 20.5. The number of rotatable bonds is 9. The van der Waals surface area contributed by atoms with Gasteiger partial charge < -0.3 is 15.7 Å². The first-order valence-electron chi connectivity index (χ1n) is 12.0. The third kappa shape index (κ3) is 5.15. The van der Waals surface area contributed by atoms with E-state index in [1.807, 2.05) is 49.4 Å². The van der Waals surface area contributed by atoms with E-state index >= 15 is 0 Å².